The first-order chi connectivity index (χ1) is 6.25. The Balaban J connectivity index is 2.98. The van der Waals surface area contributed by atoms with Crippen molar-refractivity contribution < 1.29 is 0 Å². The van der Waals surface area contributed by atoms with Crippen LogP contribution in [0.4, 0.5) is 0 Å². The number of nitrogens with zero attached hydrogens (tertiary/aromatic N) is 3. The van der Waals surface area contributed by atoms with E-state index in [2.05, 4.69) is 4.98 Å². The molecule has 2 rings (SSSR count). The molecule has 0 aliphatic rings. The van der Waals surface area contributed by atoms with Crippen LogP contribution in [0.1, 0.15) is 6.92 Å². The van der Waals surface area contributed by atoms with Crippen LogP contribution in [-0.4, -0.2) is 14.1 Å². The summed E-state index contributed by atoms with van der Waals surface area (Å²) in [5, 5.41) is 0. The van der Waals surface area contributed by atoms with Gasteiger partial charge in [-0.2, -0.15) is 0 Å². The number of imidazole rings is 1. The molecular formula is C9H11N3O. The van der Waals surface area contributed by atoms with Gasteiger partial charge in [0.05, 0.1) is 17.2 Å². The standard InChI is InChI=1S/C9H11N3O/c1-3-12-8-6-10-5-4-7(8)11(2)9(12)13/h4-6H,3H2,1-2H3. The van der Waals surface area contributed by atoms with Gasteiger partial charge in [0.1, 0.15) is 0 Å². The summed E-state index contributed by atoms with van der Waals surface area (Å²) < 4.78 is 3.35. The molecule has 0 N–H and O–H groups in total. The smallest absolute Gasteiger partial charge is 0.295 e. The summed E-state index contributed by atoms with van der Waals surface area (Å²) in [6.45, 7) is 2.63. The van der Waals surface area contributed by atoms with E-state index >= 15 is 0 Å². The molecule has 0 saturated carbocycles. The zero-order chi connectivity index (χ0) is 9.42. The molecule has 4 nitrogen and oxygen atoms in total. The predicted octanol–water partition coefficient (Wildman–Crippen LogP) is 0.755. The van der Waals surface area contributed by atoms with Crippen molar-refractivity contribution >= 4 is 11.0 Å². The molecule has 2 aromatic heterocycles. The van der Waals surface area contributed by atoms with Gasteiger partial charge < -0.3 is 0 Å². The largest absolute Gasteiger partial charge is 0.328 e. The van der Waals surface area contributed by atoms with Crippen LogP contribution >= 0.6 is 0 Å². The van der Waals surface area contributed by atoms with Crippen molar-refractivity contribution in [2.45, 2.75) is 13.5 Å². The average molecular weight is 177 g/mol. The van der Waals surface area contributed by atoms with Crippen molar-refractivity contribution in [3.8, 4) is 0 Å². The van der Waals surface area contributed by atoms with Crippen LogP contribution in [0.5, 0.6) is 0 Å². The maximum atomic E-state index is 11.6. The Morgan fingerprint density at radius 1 is 1.46 bits per heavy atom. The third kappa shape index (κ3) is 0.983. The summed E-state index contributed by atoms with van der Waals surface area (Å²) in [5.74, 6) is 0. The molecule has 2 aromatic rings. The molecule has 13 heavy (non-hydrogen) atoms. The molecule has 0 aliphatic carbocycles. The number of pyridine rings is 1. The Bertz CT molecular complexity index is 495. The van der Waals surface area contributed by atoms with Crippen molar-refractivity contribution in [3.05, 3.63) is 28.9 Å². The van der Waals surface area contributed by atoms with Gasteiger partial charge in [0.2, 0.25) is 0 Å². The molecular weight excluding hydrogens is 166 g/mol. The van der Waals surface area contributed by atoms with E-state index in [1.807, 2.05) is 13.0 Å². The van der Waals surface area contributed by atoms with E-state index in [1.54, 1.807) is 28.6 Å². The van der Waals surface area contributed by atoms with Gasteiger partial charge in [-0.05, 0) is 13.0 Å². The van der Waals surface area contributed by atoms with Gasteiger partial charge in [-0.15, -0.1) is 0 Å². The lowest BCUT2D eigenvalue weighted by atomic mass is 10.4. The lowest BCUT2D eigenvalue weighted by molar-refractivity contribution is 0.712. The second-order valence-electron chi connectivity index (χ2n) is 2.95. The number of aryl methyl sites for hydroxylation is 2. The van der Waals surface area contributed by atoms with E-state index in [0.29, 0.717) is 6.54 Å². The van der Waals surface area contributed by atoms with Crippen molar-refractivity contribution in [2.75, 3.05) is 0 Å². The normalized spacial score (nSPS) is 10.9. The molecule has 4 heteroatoms. The van der Waals surface area contributed by atoms with Crippen molar-refractivity contribution in [2.24, 2.45) is 7.05 Å². The highest BCUT2D eigenvalue weighted by Crippen LogP contribution is 2.08. The van der Waals surface area contributed by atoms with Crippen LogP contribution in [0.3, 0.4) is 0 Å². The molecule has 0 bridgehead atoms. The molecule has 68 valence electrons. The Kier molecular flexibility index (Phi) is 1.69. The monoisotopic (exact) mass is 177 g/mol. The van der Waals surface area contributed by atoms with E-state index < -0.39 is 0 Å². The molecule has 0 fully saturated rings. The van der Waals surface area contributed by atoms with E-state index in [4.69, 9.17) is 0 Å². The van der Waals surface area contributed by atoms with Gasteiger partial charge in [-0.1, -0.05) is 0 Å². The zero-order valence-electron chi connectivity index (χ0n) is 7.69. The maximum Gasteiger partial charge on any atom is 0.328 e. The van der Waals surface area contributed by atoms with Gasteiger partial charge in [-0.25, -0.2) is 4.79 Å². The Morgan fingerprint density at radius 3 is 2.92 bits per heavy atom. The minimum atomic E-state index is 0.0190. The molecule has 0 unspecified atom stereocenters. The minimum absolute atomic E-state index is 0.0190. The van der Waals surface area contributed by atoms with Gasteiger partial charge in [0.25, 0.3) is 0 Å². The molecule has 0 radical (unpaired) electrons. The van der Waals surface area contributed by atoms with Crippen LogP contribution in [-0.2, 0) is 13.6 Å². The third-order valence-corrected chi connectivity index (χ3v) is 2.26. The summed E-state index contributed by atoms with van der Waals surface area (Å²) in [6, 6.07) is 1.85. The predicted molar refractivity (Wildman–Crippen MR) is 50.6 cm³/mol. The number of aromatic nitrogens is 3. The summed E-state index contributed by atoms with van der Waals surface area (Å²) in [5.41, 5.74) is 1.85. The molecule has 0 aromatic carbocycles. The highest BCUT2D eigenvalue weighted by Gasteiger charge is 2.07. The van der Waals surface area contributed by atoms with E-state index in [-0.39, 0.29) is 5.69 Å². The molecule has 2 heterocycles. The Hall–Kier alpha value is -1.58. The lowest BCUT2D eigenvalue weighted by Gasteiger charge is -1.94. The number of fused-ring (bicyclic) bond motifs is 1. The number of hydrogen-bond donors (Lipinski definition) is 0. The fraction of sp³-hybridized carbons (Fsp3) is 0.333. The molecule has 0 saturated heterocycles. The number of rotatable bonds is 1. The first-order valence-corrected chi connectivity index (χ1v) is 4.25. The van der Waals surface area contributed by atoms with Gasteiger partial charge in [0.15, 0.2) is 0 Å². The van der Waals surface area contributed by atoms with E-state index in [1.165, 1.54) is 0 Å². The van der Waals surface area contributed by atoms with Crippen LogP contribution in [0.2, 0.25) is 0 Å². The van der Waals surface area contributed by atoms with Crippen molar-refractivity contribution in [3.63, 3.8) is 0 Å². The van der Waals surface area contributed by atoms with E-state index in [9.17, 15) is 4.79 Å². The second-order valence-corrected chi connectivity index (χ2v) is 2.95. The summed E-state index contributed by atoms with van der Waals surface area (Å²) in [7, 11) is 1.77. The van der Waals surface area contributed by atoms with Gasteiger partial charge in [0, 0.05) is 19.8 Å². The SMILES string of the molecule is CCn1c(=O)n(C)c2ccncc21. The molecule has 0 aliphatic heterocycles. The van der Waals surface area contributed by atoms with Crippen LogP contribution < -0.4 is 5.69 Å². The first-order valence-electron chi connectivity index (χ1n) is 4.25. The van der Waals surface area contributed by atoms with Crippen molar-refractivity contribution in [1.29, 1.82) is 0 Å². The molecule has 0 amide bonds. The highest BCUT2D eigenvalue weighted by atomic mass is 16.1. The lowest BCUT2D eigenvalue weighted by Crippen LogP contribution is -2.21. The number of hydrogen-bond acceptors (Lipinski definition) is 2. The molecule has 0 atom stereocenters. The fourth-order valence-corrected chi connectivity index (χ4v) is 1.56. The van der Waals surface area contributed by atoms with Crippen LogP contribution in [0.15, 0.2) is 23.3 Å². The van der Waals surface area contributed by atoms with Gasteiger partial charge in [-0.3, -0.25) is 14.1 Å². The summed E-state index contributed by atoms with van der Waals surface area (Å²) >= 11 is 0. The second kappa shape index (κ2) is 2.73. The summed E-state index contributed by atoms with van der Waals surface area (Å²) in [4.78, 5) is 15.6. The fourth-order valence-electron chi connectivity index (χ4n) is 1.56. The van der Waals surface area contributed by atoms with Crippen LogP contribution in [0.25, 0.3) is 11.0 Å². The van der Waals surface area contributed by atoms with Gasteiger partial charge >= 0.3 is 5.69 Å². The Morgan fingerprint density at radius 2 is 2.23 bits per heavy atom. The zero-order valence-corrected chi connectivity index (χ0v) is 7.69. The Labute approximate surface area is 75.4 Å². The maximum absolute atomic E-state index is 11.6. The highest BCUT2D eigenvalue weighted by molar-refractivity contribution is 5.74. The quantitative estimate of drug-likeness (QED) is 0.645. The van der Waals surface area contributed by atoms with E-state index in [0.717, 1.165) is 11.0 Å². The third-order valence-electron chi connectivity index (χ3n) is 2.26. The first kappa shape index (κ1) is 8.04. The topological polar surface area (TPSA) is 39.8 Å². The van der Waals surface area contributed by atoms with Crippen LogP contribution in [0, 0.1) is 0 Å². The van der Waals surface area contributed by atoms with Crippen molar-refractivity contribution in [1.82, 2.24) is 14.1 Å². The average Bonchev–Trinajstić information content (AvgIpc) is 2.41. The molecule has 0 spiro atoms. The minimum Gasteiger partial charge on any atom is -0.295 e. The summed E-state index contributed by atoms with van der Waals surface area (Å²) in [6.07, 6.45) is 3.42.